The molecule has 8 heteroatoms. The lowest BCUT2D eigenvalue weighted by atomic mass is 10.2. The van der Waals surface area contributed by atoms with Crippen molar-refractivity contribution < 1.29 is 13.2 Å². The second-order valence-electron chi connectivity index (χ2n) is 6.50. The summed E-state index contributed by atoms with van der Waals surface area (Å²) in [6.07, 6.45) is 1.52. The number of hydrogen-bond acceptors (Lipinski definition) is 6. The van der Waals surface area contributed by atoms with Crippen LogP contribution in [0.4, 0.5) is 0 Å². The third-order valence-electron chi connectivity index (χ3n) is 4.42. The first-order valence-electron chi connectivity index (χ1n) is 8.89. The number of nitrogens with zero attached hydrogens (tertiary/aromatic N) is 4. The Balaban J connectivity index is 1.42. The lowest BCUT2D eigenvalue weighted by molar-refractivity contribution is 0.306. The Hall–Kier alpha value is -3.52. The maximum absolute atomic E-state index is 12.7. The number of rotatable bonds is 6. The molecule has 0 spiro atoms. The first-order chi connectivity index (χ1) is 14.0. The van der Waals surface area contributed by atoms with Crippen LogP contribution in [-0.2, 0) is 16.4 Å². The van der Waals surface area contributed by atoms with E-state index in [1.165, 1.54) is 6.33 Å². The van der Waals surface area contributed by atoms with E-state index in [-0.39, 0.29) is 9.79 Å². The number of aryl methyl sites for hydroxylation is 1. The zero-order valence-corrected chi connectivity index (χ0v) is 16.5. The Morgan fingerprint density at radius 1 is 0.862 bits per heavy atom. The van der Waals surface area contributed by atoms with E-state index in [2.05, 4.69) is 15.5 Å². The number of ether oxygens (including phenoxy) is 1. The zero-order valence-electron chi connectivity index (χ0n) is 15.6. The van der Waals surface area contributed by atoms with Gasteiger partial charge in [0.05, 0.1) is 15.5 Å². The maximum Gasteiger partial charge on any atom is 0.206 e. The van der Waals surface area contributed by atoms with Crippen molar-refractivity contribution in [2.75, 3.05) is 0 Å². The van der Waals surface area contributed by atoms with E-state index >= 15 is 0 Å². The first kappa shape index (κ1) is 18.8. The van der Waals surface area contributed by atoms with Gasteiger partial charge in [0, 0.05) is 0 Å². The van der Waals surface area contributed by atoms with Crippen molar-refractivity contribution in [3.63, 3.8) is 0 Å². The van der Waals surface area contributed by atoms with Crippen LogP contribution in [0.15, 0.2) is 88.9 Å². The van der Waals surface area contributed by atoms with E-state index in [4.69, 9.17) is 4.74 Å². The molecule has 0 saturated carbocycles. The van der Waals surface area contributed by atoms with Crippen LogP contribution in [0.2, 0.25) is 0 Å². The van der Waals surface area contributed by atoms with Crippen molar-refractivity contribution in [3.8, 4) is 11.4 Å². The van der Waals surface area contributed by atoms with Crippen LogP contribution in [0.5, 0.6) is 5.75 Å². The monoisotopic (exact) mass is 406 g/mol. The normalized spacial score (nSPS) is 11.3. The van der Waals surface area contributed by atoms with Gasteiger partial charge in [0.15, 0.2) is 0 Å². The van der Waals surface area contributed by atoms with Crippen LogP contribution in [0.3, 0.4) is 0 Å². The van der Waals surface area contributed by atoms with Crippen molar-refractivity contribution in [2.45, 2.75) is 23.3 Å². The molecule has 1 aromatic heterocycles. The summed E-state index contributed by atoms with van der Waals surface area (Å²) in [6, 6.07) is 20.9. The molecular formula is C21H18N4O3S. The highest BCUT2D eigenvalue weighted by molar-refractivity contribution is 7.91. The van der Waals surface area contributed by atoms with Gasteiger partial charge < -0.3 is 4.74 Å². The van der Waals surface area contributed by atoms with Crippen LogP contribution >= 0.6 is 0 Å². The Kier molecular flexibility index (Phi) is 5.09. The largest absolute Gasteiger partial charge is 0.489 e. The number of benzene rings is 3. The second kappa shape index (κ2) is 7.84. The average molecular weight is 406 g/mol. The molecule has 3 aromatic carbocycles. The van der Waals surface area contributed by atoms with Gasteiger partial charge in [0.25, 0.3) is 0 Å². The molecule has 4 aromatic rings. The van der Waals surface area contributed by atoms with Crippen molar-refractivity contribution in [2.24, 2.45) is 0 Å². The van der Waals surface area contributed by atoms with E-state index in [9.17, 15) is 8.42 Å². The molecule has 4 rings (SSSR count). The summed E-state index contributed by atoms with van der Waals surface area (Å²) in [6.45, 7) is 2.25. The third-order valence-corrected chi connectivity index (χ3v) is 6.21. The summed E-state index contributed by atoms with van der Waals surface area (Å²) in [4.78, 5) is 0.547. The van der Waals surface area contributed by atoms with Gasteiger partial charge in [-0.1, -0.05) is 29.8 Å². The fourth-order valence-electron chi connectivity index (χ4n) is 2.76. The summed E-state index contributed by atoms with van der Waals surface area (Å²) < 4.78 is 32.8. The molecule has 0 unspecified atom stereocenters. The quantitative estimate of drug-likeness (QED) is 0.488. The van der Waals surface area contributed by atoms with Gasteiger partial charge >= 0.3 is 0 Å². The Labute approximate surface area is 168 Å². The van der Waals surface area contributed by atoms with Gasteiger partial charge in [-0.25, -0.2) is 13.1 Å². The topological polar surface area (TPSA) is 87.0 Å². The molecule has 1 heterocycles. The number of sulfone groups is 1. The van der Waals surface area contributed by atoms with Crippen LogP contribution < -0.4 is 4.74 Å². The molecule has 29 heavy (non-hydrogen) atoms. The Morgan fingerprint density at radius 2 is 1.48 bits per heavy atom. The molecule has 0 amide bonds. The van der Waals surface area contributed by atoms with E-state index in [1.807, 2.05) is 31.2 Å². The van der Waals surface area contributed by atoms with Gasteiger partial charge in [-0.15, -0.1) is 5.10 Å². The van der Waals surface area contributed by atoms with E-state index in [0.29, 0.717) is 12.4 Å². The number of tetrazole rings is 1. The molecule has 0 N–H and O–H groups in total. The van der Waals surface area contributed by atoms with Gasteiger partial charge in [-0.05, 0) is 71.4 Å². The van der Waals surface area contributed by atoms with Crippen LogP contribution in [0.25, 0.3) is 5.69 Å². The van der Waals surface area contributed by atoms with Crippen LogP contribution in [-0.4, -0.2) is 28.6 Å². The zero-order chi connectivity index (χ0) is 20.3. The Morgan fingerprint density at radius 3 is 2.07 bits per heavy atom. The number of hydrogen-bond donors (Lipinski definition) is 0. The summed E-state index contributed by atoms with van der Waals surface area (Å²) in [5, 5.41) is 11.0. The molecule has 0 atom stereocenters. The van der Waals surface area contributed by atoms with E-state index in [1.54, 1.807) is 53.2 Å². The molecule has 0 aliphatic carbocycles. The summed E-state index contributed by atoms with van der Waals surface area (Å²) in [5.41, 5.74) is 2.72. The molecule has 0 saturated heterocycles. The smallest absolute Gasteiger partial charge is 0.206 e. The summed E-state index contributed by atoms with van der Waals surface area (Å²) >= 11 is 0. The minimum atomic E-state index is -3.53. The third kappa shape index (κ3) is 4.17. The number of aromatic nitrogens is 4. The summed E-state index contributed by atoms with van der Waals surface area (Å²) in [7, 11) is -3.53. The molecule has 0 fully saturated rings. The highest BCUT2D eigenvalue weighted by Crippen LogP contribution is 2.22. The van der Waals surface area contributed by atoms with E-state index < -0.39 is 9.84 Å². The average Bonchev–Trinajstić information content (AvgIpc) is 3.28. The fourth-order valence-corrected chi connectivity index (χ4v) is 4.02. The van der Waals surface area contributed by atoms with Gasteiger partial charge in [0.2, 0.25) is 9.84 Å². The molecule has 0 aliphatic heterocycles. The highest BCUT2D eigenvalue weighted by Gasteiger charge is 2.17. The van der Waals surface area contributed by atoms with Crippen molar-refractivity contribution >= 4 is 9.84 Å². The standard InChI is InChI=1S/C21H18N4O3S/c1-16-2-10-20(11-3-16)29(26,27)21-12-4-17(5-13-21)14-28-19-8-6-18(7-9-19)25-15-22-23-24-25/h2-13,15H,14H2,1H3. The van der Waals surface area contributed by atoms with Gasteiger partial charge in [-0.3, -0.25) is 0 Å². The van der Waals surface area contributed by atoms with Gasteiger partial charge in [-0.2, -0.15) is 0 Å². The molecule has 146 valence electrons. The van der Waals surface area contributed by atoms with Crippen molar-refractivity contribution in [1.29, 1.82) is 0 Å². The minimum absolute atomic E-state index is 0.260. The molecule has 0 radical (unpaired) electrons. The highest BCUT2D eigenvalue weighted by atomic mass is 32.2. The predicted octanol–water partition coefficient (Wildman–Crippen LogP) is 3.38. The second-order valence-corrected chi connectivity index (χ2v) is 8.45. The molecular weight excluding hydrogens is 388 g/mol. The predicted molar refractivity (Wildman–Crippen MR) is 107 cm³/mol. The van der Waals surface area contributed by atoms with Crippen molar-refractivity contribution in [3.05, 3.63) is 90.3 Å². The summed E-state index contributed by atoms with van der Waals surface area (Å²) in [5.74, 6) is 0.693. The first-order valence-corrected chi connectivity index (χ1v) is 10.4. The van der Waals surface area contributed by atoms with E-state index in [0.717, 1.165) is 16.8 Å². The SMILES string of the molecule is Cc1ccc(S(=O)(=O)c2ccc(COc3ccc(-n4cnnn4)cc3)cc2)cc1. The lowest BCUT2D eigenvalue weighted by Gasteiger charge is -2.09. The molecule has 0 aliphatic rings. The lowest BCUT2D eigenvalue weighted by Crippen LogP contribution is -2.03. The van der Waals surface area contributed by atoms with Crippen LogP contribution in [0.1, 0.15) is 11.1 Å². The molecule has 7 nitrogen and oxygen atoms in total. The van der Waals surface area contributed by atoms with Crippen LogP contribution in [0, 0.1) is 6.92 Å². The fraction of sp³-hybridized carbons (Fsp3) is 0.0952. The van der Waals surface area contributed by atoms with Gasteiger partial charge in [0.1, 0.15) is 18.7 Å². The minimum Gasteiger partial charge on any atom is -0.489 e. The molecule has 0 bridgehead atoms. The Bertz CT molecular complexity index is 1190. The maximum atomic E-state index is 12.7. The van der Waals surface area contributed by atoms with Crippen molar-refractivity contribution in [1.82, 2.24) is 20.2 Å².